The number of aromatic nitrogens is 1. The number of carbonyl (C=O) groups excluding carboxylic acids is 1. The highest BCUT2D eigenvalue weighted by molar-refractivity contribution is 7.89. The number of piperazine rings is 1. The number of sulfonamides is 1. The molecule has 11 heteroatoms. The lowest BCUT2D eigenvalue weighted by Crippen LogP contribution is -2.49. The van der Waals surface area contributed by atoms with Crippen LogP contribution in [0.5, 0.6) is 17.2 Å². The lowest BCUT2D eigenvalue weighted by molar-refractivity contribution is 0.0951. The Morgan fingerprint density at radius 1 is 0.919 bits per heavy atom. The second kappa shape index (κ2) is 11.5. The first-order valence-electron chi connectivity index (χ1n) is 11.7. The number of methoxy groups -OCH3 is 3. The van der Waals surface area contributed by atoms with Crippen LogP contribution >= 0.6 is 0 Å². The fourth-order valence-corrected chi connectivity index (χ4v) is 5.70. The molecule has 1 amide bonds. The molecule has 1 aliphatic heterocycles. The molecule has 37 heavy (non-hydrogen) atoms. The molecule has 2 aromatic carbocycles. The summed E-state index contributed by atoms with van der Waals surface area (Å²) in [6.07, 6.45) is 1.62. The maximum Gasteiger partial charge on any atom is 0.255 e. The summed E-state index contributed by atoms with van der Waals surface area (Å²) in [4.78, 5) is 19.4. The number of nitrogens with zero attached hydrogens (tertiary/aromatic N) is 3. The number of hydrogen-bond acceptors (Lipinski definition) is 8. The predicted molar refractivity (Wildman–Crippen MR) is 139 cm³/mol. The van der Waals surface area contributed by atoms with Crippen molar-refractivity contribution in [1.82, 2.24) is 14.6 Å². The van der Waals surface area contributed by atoms with Gasteiger partial charge in [0.2, 0.25) is 10.0 Å². The van der Waals surface area contributed by atoms with E-state index in [-0.39, 0.29) is 29.6 Å². The Labute approximate surface area is 216 Å². The van der Waals surface area contributed by atoms with E-state index in [1.807, 2.05) is 29.2 Å². The highest BCUT2D eigenvalue weighted by atomic mass is 32.2. The van der Waals surface area contributed by atoms with E-state index in [0.29, 0.717) is 36.8 Å². The molecule has 196 valence electrons. The number of pyridine rings is 1. The lowest BCUT2D eigenvalue weighted by Gasteiger charge is -2.35. The Kier molecular flexibility index (Phi) is 8.14. The summed E-state index contributed by atoms with van der Waals surface area (Å²) in [5.41, 5.74) is 1.37. The summed E-state index contributed by atoms with van der Waals surface area (Å²) in [6.45, 7) is 1.56. The number of benzene rings is 2. The Bertz CT molecular complexity index is 1340. The zero-order valence-corrected chi connectivity index (χ0v) is 21.8. The van der Waals surface area contributed by atoms with Gasteiger partial charge in [0.05, 0.1) is 26.9 Å². The van der Waals surface area contributed by atoms with Crippen molar-refractivity contribution in [2.75, 3.05) is 52.4 Å². The van der Waals surface area contributed by atoms with E-state index in [1.54, 1.807) is 37.6 Å². The van der Waals surface area contributed by atoms with Crippen LogP contribution in [0.1, 0.15) is 15.9 Å². The highest BCUT2D eigenvalue weighted by Crippen LogP contribution is 2.31. The standard InChI is InChI=1S/C26H30N4O6S/c1-34-20-8-6-19(7-9-20)18-28-26(31)22-5-4-12-27-25(22)29-13-15-30(16-14-29)37(32,33)24-17-21(35-2)10-11-23(24)36-3/h4-12,17H,13-16,18H2,1-3H3,(H,28,31). The summed E-state index contributed by atoms with van der Waals surface area (Å²) >= 11 is 0. The van der Waals surface area contributed by atoms with Crippen molar-refractivity contribution in [2.45, 2.75) is 11.4 Å². The van der Waals surface area contributed by atoms with Gasteiger partial charge in [-0.2, -0.15) is 4.31 Å². The molecule has 0 aliphatic carbocycles. The minimum atomic E-state index is -3.82. The minimum absolute atomic E-state index is 0.0548. The van der Waals surface area contributed by atoms with Crippen LogP contribution < -0.4 is 24.4 Å². The van der Waals surface area contributed by atoms with Gasteiger partial charge >= 0.3 is 0 Å². The first-order valence-corrected chi connectivity index (χ1v) is 13.1. The molecule has 1 aliphatic rings. The van der Waals surface area contributed by atoms with Crippen molar-refractivity contribution in [2.24, 2.45) is 0 Å². The zero-order chi connectivity index (χ0) is 26.4. The first kappa shape index (κ1) is 26.2. The van der Waals surface area contributed by atoms with Crippen LogP contribution in [-0.2, 0) is 16.6 Å². The van der Waals surface area contributed by atoms with Gasteiger partial charge in [-0.05, 0) is 42.0 Å². The van der Waals surface area contributed by atoms with Gasteiger partial charge in [0, 0.05) is 45.0 Å². The molecule has 4 rings (SSSR count). The van der Waals surface area contributed by atoms with E-state index in [9.17, 15) is 13.2 Å². The molecule has 3 aromatic rings. The van der Waals surface area contributed by atoms with Crippen LogP contribution in [0.2, 0.25) is 0 Å². The van der Waals surface area contributed by atoms with Gasteiger partial charge in [0.15, 0.2) is 0 Å². The second-order valence-electron chi connectivity index (χ2n) is 8.31. The summed E-state index contributed by atoms with van der Waals surface area (Å²) in [5, 5.41) is 2.93. The third-order valence-electron chi connectivity index (χ3n) is 6.17. The SMILES string of the molecule is COc1ccc(CNC(=O)c2cccnc2N2CCN(S(=O)(=O)c3cc(OC)ccc3OC)CC2)cc1. The number of amides is 1. The minimum Gasteiger partial charge on any atom is -0.497 e. The molecule has 0 saturated carbocycles. The van der Waals surface area contributed by atoms with Crippen molar-refractivity contribution >= 4 is 21.7 Å². The number of ether oxygens (including phenoxy) is 3. The molecular weight excluding hydrogens is 496 g/mol. The smallest absolute Gasteiger partial charge is 0.255 e. The Hall–Kier alpha value is -3.83. The van der Waals surface area contributed by atoms with Crippen LogP contribution in [0.3, 0.4) is 0 Å². The van der Waals surface area contributed by atoms with Crippen molar-refractivity contribution < 1.29 is 27.4 Å². The summed E-state index contributed by atoms with van der Waals surface area (Å²) < 4.78 is 43.9. The highest BCUT2D eigenvalue weighted by Gasteiger charge is 2.32. The summed E-state index contributed by atoms with van der Waals surface area (Å²) in [6, 6.07) is 15.6. The van der Waals surface area contributed by atoms with E-state index in [2.05, 4.69) is 10.3 Å². The fraction of sp³-hybridized carbons (Fsp3) is 0.308. The molecule has 1 N–H and O–H groups in total. The third-order valence-corrected chi connectivity index (χ3v) is 8.09. The molecular formula is C26H30N4O6S. The first-order chi connectivity index (χ1) is 17.9. The topological polar surface area (TPSA) is 110 Å². The van der Waals surface area contributed by atoms with Crippen molar-refractivity contribution in [3.8, 4) is 17.2 Å². The van der Waals surface area contributed by atoms with E-state index in [4.69, 9.17) is 14.2 Å². The lowest BCUT2D eigenvalue weighted by atomic mass is 10.2. The van der Waals surface area contributed by atoms with Crippen LogP contribution in [0.15, 0.2) is 65.7 Å². The van der Waals surface area contributed by atoms with Gasteiger partial charge in [0.1, 0.15) is 28.0 Å². The molecule has 0 spiro atoms. The van der Waals surface area contributed by atoms with E-state index in [1.165, 1.54) is 24.6 Å². The molecule has 1 fully saturated rings. The molecule has 0 atom stereocenters. The van der Waals surface area contributed by atoms with E-state index in [0.717, 1.165) is 11.3 Å². The average molecular weight is 527 g/mol. The second-order valence-corrected chi connectivity index (χ2v) is 10.2. The summed E-state index contributed by atoms with van der Waals surface area (Å²) in [7, 11) is 0.694. The van der Waals surface area contributed by atoms with Gasteiger partial charge in [-0.25, -0.2) is 13.4 Å². The van der Waals surface area contributed by atoms with Crippen molar-refractivity contribution in [3.63, 3.8) is 0 Å². The number of anilines is 1. The number of hydrogen-bond donors (Lipinski definition) is 1. The predicted octanol–water partition coefficient (Wildman–Crippen LogP) is 2.55. The van der Waals surface area contributed by atoms with E-state index < -0.39 is 10.0 Å². The molecule has 1 aromatic heterocycles. The average Bonchev–Trinajstić information content (AvgIpc) is 2.95. The maximum absolute atomic E-state index is 13.4. The fourth-order valence-electron chi connectivity index (χ4n) is 4.11. The van der Waals surface area contributed by atoms with Gasteiger partial charge in [-0.1, -0.05) is 12.1 Å². The third kappa shape index (κ3) is 5.78. The Morgan fingerprint density at radius 2 is 1.59 bits per heavy atom. The Morgan fingerprint density at radius 3 is 2.24 bits per heavy atom. The van der Waals surface area contributed by atoms with Gasteiger partial charge in [0.25, 0.3) is 5.91 Å². The normalized spacial score (nSPS) is 14.2. The number of rotatable bonds is 9. The molecule has 0 bridgehead atoms. The molecule has 0 radical (unpaired) electrons. The van der Waals surface area contributed by atoms with Crippen LogP contribution in [0.4, 0.5) is 5.82 Å². The van der Waals surface area contributed by atoms with Crippen molar-refractivity contribution in [1.29, 1.82) is 0 Å². The summed E-state index contributed by atoms with van der Waals surface area (Å²) in [5.74, 6) is 1.69. The number of carbonyl (C=O) groups is 1. The quantitative estimate of drug-likeness (QED) is 0.453. The van der Waals surface area contributed by atoms with Gasteiger partial charge < -0.3 is 24.4 Å². The zero-order valence-electron chi connectivity index (χ0n) is 21.0. The van der Waals surface area contributed by atoms with Crippen molar-refractivity contribution in [3.05, 3.63) is 71.9 Å². The Balaban J connectivity index is 1.45. The molecule has 10 nitrogen and oxygen atoms in total. The van der Waals surface area contributed by atoms with Crippen LogP contribution in [-0.4, -0.2) is 71.1 Å². The molecule has 0 unspecified atom stereocenters. The number of nitrogens with one attached hydrogen (secondary N) is 1. The maximum atomic E-state index is 13.4. The monoisotopic (exact) mass is 526 g/mol. The van der Waals surface area contributed by atoms with Crippen LogP contribution in [0.25, 0.3) is 0 Å². The molecule has 1 saturated heterocycles. The largest absolute Gasteiger partial charge is 0.497 e. The molecule has 2 heterocycles. The van der Waals surface area contributed by atoms with Crippen LogP contribution in [0, 0.1) is 0 Å². The van der Waals surface area contributed by atoms with Gasteiger partial charge in [-0.3, -0.25) is 4.79 Å². The van der Waals surface area contributed by atoms with E-state index >= 15 is 0 Å². The van der Waals surface area contributed by atoms with Gasteiger partial charge in [-0.15, -0.1) is 0 Å².